The first-order chi connectivity index (χ1) is 11.3. The summed E-state index contributed by atoms with van der Waals surface area (Å²) < 4.78 is 0. The average molecular weight is 307 g/mol. The van der Waals surface area contributed by atoms with Gasteiger partial charge in [0.05, 0.1) is 0 Å². The Balaban J connectivity index is 1.74. The van der Waals surface area contributed by atoms with Crippen molar-refractivity contribution in [2.24, 2.45) is 0 Å². The smallest absolute Gasteiger partial charge is 0.204 e. The largest absolute Gasteiger partial charge is 0.306 e. The summed E-state index contributed by atoms with van der Waals surface area (Å²) in [6, 6.07) is 17.3. The van der Waals surface area contributed by atoms with Gasteiger partial charge in [-0.25, -0.2) is 0 Å². The van der Waals surface area contributed by atoms with Crippen molar-refractivity contribution in [3.05, 3.63) is 65.2 Å². The standard InChI is InChI=1S/C18H21N5/c1-3-17(15-7-5-4-6-8-15)19-12-14-10-9-13(2)16(11-14)18-20-22-23-21-18/h4-11,17,19H,3,12H2,1-2H3,(H,20,21,22,23). The molecule has 1 unspecified atom stereocenters. The Morgan fingerprint density at radius 1 is 1.13 bits per heavy atom. The zero-order chi connectivity index (χ0) is 16.1. The molecule has 1 aromatic heterocycles. The minimum atomic E-state index is 0.353. The predicted molar refractivity (Wildman–Crippen MR) is 90.7 cm³/mol. The van der Waals surface area contributed by atoms with Crippen molar-refractivity contribution in [3.8, 4) is 11.4 Å². The molecule has 0 aliphatic carbocycles. The molecule has 2 aromatic carbocycles. The number of nitrogens with zero attached hydrogens (tertiary/aromatic N) is 3. The number of aromatic amines is 1. The van der Waals surface area contributed by atoms with E-state index in [1.165, 1.54) is 11.1 Å². The molecule has 0 radical (unpaired) electrons. The van der Waals surface area contributed by atoms with Crippen LogP contribution in [0.15, 0.2) is 48.5 Å². The highest BCUT2D eigenvalue weighted by Crippen LogP contribution is 2.22. The Kier molecular flexibility index (Phi) is 4.78. The number of hydrogen-bond donors (Lipinski definition) is 2. The highest BCUT2D eigenvalue weighted by atomic mass is 15.5. The Bertz CT molecular complexity index is 737. The van der Waals surface area contributed by atoms with Gasteiger partial charge in [0.25, 0.3) is 0 Å². The monoisotopic (exact) mass is 307 g/mol. The van der Waals surface area contributed by atoms with E-state index in [4.69, 9.17) is 0 Å². The molecule has 0 saturated heterocycles. The third kappa shape index (κ3) is 3.63. The summed E-state index contributed by atoms with van der Waals surface area (Å²) in [5, 5.41) is 17.9. The van der Waals surface area contributed by atoms with Crippen LogP contribution in [0.5, 0.6) is 0 Å². The third-order valence-electron chi connectivity index (χ3n) is 4.05. The first kappa shape index (κ1) is 15.4. The molecule has 1 heterocycles. The second-order valence-corrected chi connectivity index (χ2v) is 5.64. The molecular weight excluding hydrogens is 286 g/mol. The van der Waals surface area contributed by atoms with Crippen LogP contribution in [0.3, 0.4) is 0 Å². The van der Waals surface area contributed by atoms with Crippen LogP contribution in [0.25, 0.3) is 11.4 Å². The maximum absolute atomic E-state index is 4.08. The van der Waals surface area contributed by atoms with Gasteiger partial charge in [-0.3, -0.25) is 0 Å². The summed E-state index contributed by atoms with van der Waals surface area (Å²) in [6.07, 6.45) is 1.05. The van der Waals surface area contributed by atoms with E-state index >= 15 is 0 Å². The molecule has 2 N–H and O–H groups in total. The third-order valence-corrected chi connectivity index (χ3v) is 4.05. The van der Waals surface area contributed by atoms with Crippen molar-refractivity contribution in [2.45, 2.75) is 32.9 Å². The quantitative estimate of drug-likeness (QED) is 0.732. The van der Waals surface area contributed by atoms with Gasteiger partial charge in [-0.2, -0.15) is 5.21 Å². The van der Waals surface area contributed by atoms with Crippen molar-refractivity contribution in [1.82, 2.24) is 25.9 Å². The lowest BCUT2D eigenvalue weighted by atomic mass is 10.0. The molecule has 0 fully saturated rings. The summed E-state index contributed by atoms with van der Waals surface area (Å²) in [6.45, 7) is 5.06. The number of aromatic nitrogens is 4. The summed E-state index contributed by atoms with van der Waals surface area (Å²) >= 11 is 0. The number of nitrogens with one attached hydrogen (secondary N) is 2. The van der Waals surface area contributed by atoms with Crippen molar-refractivity contribution in [2.75, 3.05) is 0 Å². The van der Waals surface area contributed by atoms with Crippen LogP contribution in [-0.4, -0.2) is 20.6 Å². The molecule has 3 rings (SSSR count). The van der Waals surface area contributed by atoms with E-state index in [0.29, 0.717) is 11.9 Å². The van der Waals surface area contributed by atoms with Crippen LogP contribution in [0.1, 0.15) is 36.1 Å². The van der Waals surface area contributed by atoms with Crippen LogP contribution in [-0.2, 0) is 6.54 Å². The molecule has 118 valence electrons. The number of tetrazole rings is 1. The second-order valence-electron chi connectivity index (χ2n) is 5.64. The van der Waals surface area contributed by atoms with Crippen LogP contribution >= 0.6 is 0 Å². The van der Waals surface area contributed by atoms with E-state index in [-0.39, 0.29) is 0 Å². The van der Waals surface area contributed by atoms with Crippen molar-refractivity contribution in [1.29, 1.82) is 0 Å². The Hall–Kier alpha value is -2.53. The molecule has 0 bridgehead atoms. The molecular formula is C18H21N5. The summed E-state index contributed by atoms with van der Waals surface area (Å²) in [5.41, 5.74) is 4.70. The Morgan fingerprint density at radius 3 is 2.65 bits per heavy atom. The summed E-state index contributed by atoms with van der Waals surface area (Å²) in [4.78, 5) is 0. The predicted octanol–water partition coefficient (Wildman–Crippen LogP) is 3.42. The maximum atomic E-state index is 4.08. The molecule has 5 nitrogen and oxygen atoms in total. The molecule has 1 atom stereocenters. The van der Waals surface area contributed by atoms with Gasteiger partial charge in [-0.15, -0.1) is 10.2 Å². The van der Waals surface area contributed by atoms with Gasteiger partial charge in [0.2, 0.25) is 5.82 Å². The van der Waals surface area contributed by atoms with Gasteiger partial charge in [0, 0.05) is 18.2 Å². The van der Waals surface area contributed by atoms with Crippen LogP contribution in [0.2, 0.25) is 0 Å². The lowest BCUT2D eigenvalue weighted by molar-refractivity contribution is 0.519. The van der Waals surface area contributed by atoms with Crippen molar-refractivity contribution >= 4 is 0 Å². The minimum Gasteiger partial charge on any atom is -0.306 e. The van der Waals surface area contributed by atoms with Gasteiger partial charge >= 0.3 is 0 Å². The fraction of sp³-hybridized carbons (Fsp3) is 0.278. The first-order valence-corrected chi connectivity index (χ1v) is 7.89. The number of aryl methyl sites for hydroxylation is 1. The molecule has 3 aromatic rings. The van der Waals surface area contributed by atoms with Crippen LogP contribution in [0, 0.1) is 6.92 Å². The van der Waals surface area contributed by atoms with Crippen LogP contribution < -0.4 is 5.32 Å². The fourth-order valence-electron chi connectivity index (χ4n) is 2.72. The van der Waals surface area contributed by atoms with Gasteiger partial charge < -0.3 is 5.32 Å². The molecule has 23 heavy (non-hydrogen) atoms. The van der Waals surface area contributed by atoms with Crippen molar-refractivity contribution < 1.29 is 0 Å². The molecule has 0 amide bonds. The topological polar surface area (TPSA) is 66.5 Å². The Labute approximate surface area is 136 Å². The SMILES string of the molecule is CCC(NCc1ccc(C)c(-c2nn[nH]n2)c1)c1ccccc1. The van der Waals surface area contributed by atoms with Gasteiger partial charge in [-0.05, 0) is 41.3 Å². The average Bonchev–Trinajstić information content (AvgIpc) is 3.12. The number of hydrogen-bond acceptors (Lipinski definition) is 4. The first-order valence-electron chi connectivity index (χ1n) is 7.89. The van der Waals surface area contributed by atoms with E-state index in [1.807, 2.05) is 6.07 Å². The highest BCUT2D eigenvalue weighted by Gasteiger charge is 2.10. The molecule has 0 spiro atoms. The zero-order valence-electron chi connectivity index (χ0n) is 13.5. The van der Waals surface area contributed by atoms with E-state index in [0.717, 1.165) is 24.1 Å². The van der Waals surface area contributed by atoms with Crippen molar-refractivity contribution in [3.63, 3.8) is 0 Å². The van der Waals surface area contributed by atoms with Gasteiger partial charge in [0.15, 0.2) is 0 Å². The fourth-order valence-corrected chi connectivity index (χ4v) is 2.72. The molecule has 0 saturated carbocycles. The van der Waals surface area contributed by atoms with Gasteiger partial charge in [-0.1, -0.05) is 49.4 Å². The number of rotatable bonds is 6. The zero-order valence-corrected chi connectivity index (χ0v) is 13.5. The lowest BCUT2D eigenvalue weighted by Gasteiger charge is -2.18. The lowest BCUT2D eigenvalue weighted by Crippen LogP contribution is -2.20. The summed E-state index contributed by atoms with van der Waals surface area (Å²) in [7, 11) is 0. The Morgan fingerprint density at radius 2 is 1.96 bits per heavy atom. The van der Waals surface area contributed by atoms with E-state index in [2.05, 4.69) is 82.3 Å². The van der Waals surface area contributed by atoms with E-state index in [1.54, 1.807) is 0 Å². The minimum absolute atomic E-state index is 0.353. The summed E-state index contributed by atoms with van der Waals surface area (Å²) in [5.74, 6) is 0.638. The molecule has 0 aliphatic rings. The van der Waals surface area contributed by atoms with Gasteiger partial charge in [0.1, 0.15) is 0 Å². The second kappa shape index (κ2) is 7.15. The van der Waals surface area contributed by atoms with Crippen LogP contribution in [0.4, 0.5) is 0 Å². The normalized spacial score (nSPS) is 12.3. The number of H-pyrrole nitrogens is 1. The maximum Gasteiger partial charge on any atom is 0.204 e. The molecule has 0 aliphatic heterocycles. The highest BCUT2D eigenvalue weighted by molar-refractivity contribution is 5.60. The van der Waals surface area contributed by atoms with E-state index in [9.17, 15) is 0 Å². The number of benzene rings is 2. The van der Waals surface area contributed by atoms with E-state index < -0.39 is 0 Å². The molecule has 5 heteroatoms.